The number of aromatic nitrogens is 4. The second-order valence-corrected chi connectivity index (χ2v) is 12.5. The van der Waals surface area contributed by atoms with E-state index in [-0.39, 0.29) is 5.41 Å². The van der Waals surface area contributed by atoms with Crippen LogP contribution in [-0.4, -0.2) is 19.5 Å². The predicted octanol–water partition coefficient (Wildman–Crippen LogP) is 10.3. The van der Waals surface area contributed by atoms with Crippen LogP contribution in [0, 0.1) is 0 Å². The summed E-state index contributed by atoms with van der Waals surface area (Å²) in [6.45, 7) is 4.72. The van der Waals surface area contributed by atoms with Gasteiger partial charge in [-0.15, -0.1) is 0 Å². The number of benzene rings is 6. The maximum absolute atomic E-state index is 4.91. The van der Waals surface area contributed by atoms with Crippen molar-refractivity contribution in [3.05, 3.63) is 157 Å². The maximum Gasteiger partial charge on any atom is 0.163 e. The van der Waals surface area contributed by atoms with Crippen molar-refractivity contribution in [2.75, 3.05) is 0 Å². The van der Waals surface area contributed by atoms with Gasteiger partial charge in [0.05, 0.1) is 11.0 Å². The molecule has 1 aliphatic rings. The lowest BCUT2D eigenvalue weighted by Crippen LogP contribution is -2.15. The summed E-state index contributed by atoms with van der Waals surface area (Å²) in [5, 5.41) is 2.47. The predicted molar refractivity (Wildman–Crippen MR) is 188 cm³/mol. The Kier molecular flexibility index (Phi) is 5.81. The molecule has 0 radical (unpaired) electrons. The zero-order chi connectivity index (χ0) is 30.8. The van der Waals surface area contributed by atoms with Crippen molar-refractivity contribution in [3.8, 4) is 50.7 Å². The molecule has 1 aliphatic carbocycles. The minimum atomic E-state index is -0.167. The molecule has 4 heteroatoms. The smallest absolute Gasteiger partial charge is 0.163 e. The summed E-state index contributed by atoms with van der Waals surface area (Å²) in [6, 6.07) is 49.6. The number of hydrogen-bond acceptors (Lipinski definition) is 3. The summed E-state index contributed by atoms with van der Waals surface area (Å²) in [4.78, 5) is 14.0. The second kappa shape index (κ2) is 10.1. The average molecular weight is 591 g/mol. The van der Waals surface area contributed by atoms with Gasteiger partial charge in [0.2, 0.25) is 0 Å². The van der Waals surface area contributed by atoms with Crippen LogP contribution in [0.5, 0.6) is 0 Å². The average Bonchev–Trinajstić information content (AvgIpc) is 3.57. The highest BCUT2D eigenvalue weighted by Crippen LogP contribution is 2.53. The first-order valence-corrected chi connectivity index (χ1v) is 15.7. The van der Waals surface area contributed by atoms with Crippen LogP contribution in [0.3, 0.4) is 0 Å². The Morgan fingerprint density at radius 1 is 0.522 bits per heavy atom. The van der Waals surface area contributed by atoms with Gasteiger partial charge in [-0.05, 0) is 69.8 Å². The van der Waals surface area contributed by atoms with Gasteiger partial charge in [-0.2, -0.15) is 0 Å². The van der Waals surface area contributed by atoms with E-state index in [0.29, 0.717) is 11.6 Å². The highest BCUT2D eigenvalue weighted by Gasteiger charge is 2.38. The van der Waals surface area contributed by atoms with E-state index in [2.05, 4.69) is 138 Å². The van der Waals surface area contributed by atoms with Gasteiger partial charge in [-0.3, -0.25) is 0 Å². The first-order chi connectivity index (χ1) is 22.6. The highest BCUT2D eigenvalue weighted by molar-refractivity contribution is 6.15. The Hall–Kier alpha value is -5.87. The van der Waals surface area contributed by atoms with E-state index in [0.717, 1.165) is 22.3 Å². The molecule has 2 heterocycles. The molecular formula is C42H30N4. The summed E-state index contributed by atoms with van der Waals surface area (Å²) in [7, 11) is 0. The van der Waals surface area contributed by atoms with E-state index in [1.807, 2.05) is 30.3 Å². The molecule has 46 heavy (non-hydrogen) atoms. The van der Waals surface area contributed by atoms with Crippen LogP contribution >= 0.6 is 0 Å². The molecule has 0 atom stereocenters. The van der Waals surface area contributed by atoms with Crippen molar-refractivity contribution in [3.63, 3.8) is 0 Å². The van der Waals surface area contributed by atoms with Crippen molar-refractivity contribution in [1.82, 2.24) is 19.5 Å². The molecule has 0 bridgehead atoms. The molecule has 0 amide bonds. The summed E-state index contributed by atoms with van der Waals surface area (Å²) in [5.74, 6) is 1.33. The molecule has 0 spiro atoms. The van der Waals surface area contributed by atoms with Gasteiger partial charge in [0, 0.05) is 33.0 Å². The van der Waals surface area contributed by atoms with Gasteiger partial charge < -0.3 is 4.57 Å². The van der Waals surface area contributed by atoms with Crippen molar-refractivity contribution in [2.45, 2.75) is 19.3 Å². The van der Waals surface area contributed by atoms with Crippen molar-refractivity contribution >= 4 is 21.8 Å². The molecule has 6 aromatic carbocycles. The number of hydrogen-bond donors (Lipinski definition) is 0. The Bertz CT molecular complexity index is 2440. The maximum atomic E-state index is 4.91. The van der Waals surface area contributed by atoms with Crippen LogP contribution in [0.1, 0.15) is 25.0 Å². The zero-order valence-corrected chi connectivity index (χ0v) is 25.6. The molecule has 0 aliphatic heterocycles. The summed E-state index contributed by atoms with van der Waals surface area (Å²) < 4.78 is 2.42. The topological polar surface area (TPSA) is 43.6 Å². The van der Waals surface area contributed by atoms with E-state index in [1.54, 1.807) is 6.33 Å². The van der Waals surface area contributed by atoms with Gasteiger partial charge in [0.1, 0.15) is 6.33 Å². The fourth-order valence-corrected chi connectivity index (χ4v) is 7.42. The Morgan fingerprint density at radius 2 is 1.20 bits per heavy atom. The minimum Gasteiger partial charge on any atom is -0.309 e. The third-order valence-corrected chi connectivity index (χ3v) is 9.52. The Labute approximate surface area is 267 Å². The molecule has 0 unspecified atom stereocenters. The zero-order valence-electron chi connectivity index (χ0n) is 25.6. The van der Waals surface area contributed by atoms with E-state index in [9.17, 15) is 0 Å². The Balaban J connectivity index is 1.33. The third kappa shape index (κ3) is 3.97. The second-order valence-electron chi connectivity index (χ2n) is 12.5. The molecule has 4 nitrogen and oxygen atoms in total. The van der Waals surface area contributed by atoms with E-state index >= 15 is 0 Å². The van der Waals surface area contributed by atoms with Crippen molar-refractivity contribution in [2.24, 2.45) is 0 Å². The lowest BCUT2D eigenvalue weighted by Gasteiger charge is -2.22. The van der Waals surface area contributed by atoms with Crippen molar-refractivity contribution in [1.29, 1.82) is 0 Å². The van der Waals surface area contributed by atoms with Crippen LogP contribution < -0.4 is 0 Å². The largest absolute Gasteiger partial charge is 0.309 e. The first kappa shape index (κ1) is 26.5. The molecule has 218 valence electrons. The Morgan fingerprint density at radius 3 is 2.00 bits per heavy atom. The normalized spacial score (nSPS) is 13.2. The van der Waals surface area contributed by atoms with Gasteiger partial charge in [-0.1, -0.05) is 117 Å². The van der Waals surface area contributed by atoms with Crippen LogP contribution in [0.25, 0.3) is 72.5 Å². The molecule has 2 aromatic heterocycles. The van der Waals surface area contributed by atoms with Gasteiger partial charge in [-0.25, -0.2) is 15.0 Å². The first-order valence-electron chi connectivity index (χ1n) is 15.7. The summed E-state index contributed by atoms with van der Waals surface area (Å²) >= 11 is 0. The lowest BCUT2D eigenvalue weighted by molar-refractivity contribution is 0.666. The molecule has 0 saturated carbocycles. The number of nitrogens with zero attached hydrogens (tertiary/aromatic N) is 4. The number of rotatable bonds is 4. The third-order valence-electron chi connectivity index (χ3n) is 9.52. The van der Waals surface area contributed by atoms with Crippen molar-refractivity contribution < 1.29 is 0 Å². The van der Waals surface area contributed by atoms with E-state index < -0.39 is 0 Å². The van der Waals surface area contributed by atoms with Crippen LogP contribution in [0.15, 0.2) is 146 Å². The van der Waals surface area contributed by atoms with E-state index in [4.69, 9.17) is 4.98 Å². The molecule has 0 N–H and O–H groups in total. The van der Waals surface area contributed by atoms with Crippen LogP contribution in [0.4, 0.5) is 0 Å². The fraction of sp³-hybridized carbons (Fsp3) is 0.0714. The quantitative estimate of drug-likeness (QED) is 0.205. The summed E-state index contributed by atoms with van der Waals surface area (Å²) in [6.07, 6.45) is 1.62. The van der Waals surface area contributed by atoms with Gasteiger partial charge >= 0.3 is 0 Å². The van der Waals surface area contributed by atoms with Gasteiger partial charge in [0.15, 0.2) is 11.6 Å². The van der Waals surface area contributed by atoms with Crippen LogP contribution in [0.2, 0.25) is 0 Å². The fourth-order valence-electron chi connectivity index (χ4n) is 7.42. The molecule has 0 saturated heterocycles. The van der Waals surface area contributed by atoms with E-state index in [1.165, 1.54) is 49.7 Å². The monoisotopic (exact) mass is 590 g/mol. The molecule has 8 aromatic rings. The molecular weight excluding hydrogens is 560 g/mol. The summed E-state index contributed by atoms with van der Waals surface area (Å²) in [5.41, 5.74) is 13.0. The standard InChI is InChI=1S/C42H30N4/c1-42(2)35-19-10-9-18-32(35)33-21-23-37-38(39(33)42)34-25-30(41-44-26-43-40(45-41)28-14-7-4-8-15-28)20-22-36(34)46(37)31-17-11-16-29(24-31)27-12-5-3-6-13-27/h3-26H,1-2H3. The highest BCUT2D eigenvalue weighted by atomic mass is 15.0. The lowest BCUT2D eigenvalue weighted by atomic mass is 9.80. The minimum absolute atomic E-state index is 0.167. The van der Waals surface area contributed by atoms with Crippen LogP contribution in [-0.2, 0) is 5.41 Å². The number of fused-ring (bicyclic) bond motifs is 7. The van der Waals surface area contributed by atoms with Gasteiger partial charge in [0.25, 0.3) is 0 Å². The molecule has 0 fully saturated rings. The SMILES string of the molecule is CC1(C)c2ccccc2-c2ccc3c(c21)c1cc(-c2ncnc(-c4ccccc4)n2)ccc1n3-c1cccc(-c2ccccc2)c1. The molecule has 9 rings (SSSR count).